The minimum absolute atomic E-state index is 0.120. The summed E-state index contributed by atoms with van der Waals surface area (Å²) in [7, 11) is 0. The van der Waals surface area contributed by atoms with Gasteiger partial charge in [0.1, 0.15) is 0 Å². The Morgan fingerprint density at radius 2 is 1.07 bits per heavy atom. The Balaban J connectivity index is 2.87. The second-order valence-electron chi connectivity index (χ2n) is 5.07. The topological polar surface area (TPSA) is 19.9 Å². The summed E-state index contributed by atoms with van der Waals surface area (Å²) in [5.74, 6) is 0.872. The van der Waals surface area contributed by atoms with Gasteiger partial charge in [0.2, 0.25) is 0 Å². The lowest BCUT2D eigenvalue weighted by molar-refractivity contribution is 0.186. The van der Waals surface area contributed by atoms with Crippen LogP contribution in [0.15, 0.2) is 0 Å². The van der Waals surface area contributed by atoms with Crippen LogP contribution in [0.2, 0.25) is 0 Å². The maximum Gasteiger partial charge on any atom is 0.0822 e. The number of rotatable bonds is 11. The molecule has 0 aromatic heterocycles. The molecular formula is C14H29O. The van der Waals surface area contributed by atoms with E-state index in [1.165, 1.54) is 51.4 Å². The van der Waals surface area contributed by atoms with E-state index in [2.05, 4.69) is 13.8 Å². The van der Waals surface area contributed by atoms with Crippen molar-refractivity contribution in [3.8, 4) is 0 Å². The van der Waals surface area contributed by atoms with Gasteiger partial charge in [-0.2, -0.15) is 0 Å². The second-order valence-corrected chi connectivity index (χ2v) is 5.07. The van der Waals surface area contributed by atoms with E-state index in [0.29, 0.717) is 0 Å². The Morgan fingerprint density at radius 1 is 0.667 bits per heavy atom. The molecule has 0 saturated heterocycles. The summed E-state index contributed by atoms with van der Waals surface area (Å²) in [5, 5.41) is 10.2. The van der Waals surface area contributed by atoms with Gasteiger partial charge in [-0.1, -0.05) is 71.6 Å². The highest BCUT2D eigenvalue weighted by Crippen LogP contribution is 2.12. The van der Waals surface area contributed by atoms with E-state index in [1.54, 1.807) is 0 Å². The van der Waals surface area contributed by atoms with Gasteiger partial charge in [0.15, 0.2) is 0 Å². The van der Waals surface area contributed by atoms with E-state index in [1.807, 2.05) is 0 Å². The van der Waals surface area contributed by atoms with Crippen molar-refractivity contribution in [2.45, 2.75) is 78.1 Å². The van der Waals surface area contributed by atoms with Crippen molar-refractivity contribution in [3.05, 3.63) is 0 Å². The normalized spacial score (nSPS) is 11.2. The van der Waals surface area contributed by atoms with E-state index in [-0.39, 0.29) is 6.61 Å². The molecule has 91 valence electrons. The van der Waals surface area contributed by atoms with E-state index in [0.717, 1.165) is 18.8 Å². The summed E-state index contributed by atoms with van der Waals surface area (Å²) in [6.07, 6.45) is 13.0. The predicted molar refractivity (Wildman–Crippen MR) is 66.6 cm³/mol. The molecule has 0 aliphatic rings. The lowest BCUT2D eigenvalue weighted by Gasteiger charge is -2.04. The Labute approximate surface area is 96.3 Å². The van der Waals surface area contributed by atoms with Gasteiger partial charge in [0.25, 0.3) is 0 Å². The Morgan fingerprint density at radius 3 is 1.47 bits per heavy atom. The van der Waals surface area contributed by atoms with E-state index in [4.69, 9.17) is 0 Å². The van der Waals surface area contributed by atoms with Crippen LogP contribution in [-0.2, 0) is 5.11 Å². The lowest BCUT2D eigenvalue weighted by atomic mass is 10.0. The van der Waals surface area contributed by atoms with Crippen LogP contribution in [0.1, 0.15) is 78.1 Å². The van der Waals surface area contributed by atoms with Crippen LogP contribution in [0.5, 0.6) is 0 Å². The van der Waals surface area contributed by atoms with Gasteiger partial charge in [0, 0.05) is 0 Å². The third-order valence-electron chi connectivity index (χ3n) is 2.93. The molecule has 0 atom stereocenters. The molecule has 15 heavy (non-hydrogen) atoms. The average Bonchev–Trinajstić information content (AvgIpc) is 2.20. The molecule has 1 nitrogen and oxygen atoms in total. The molecule has 0 fully saturated rings. The first-order valence-electron chi connectivity index (χ1n) is 6.85. The SMILES string of the molecule is CC(C)CCCCCCCCCCC[O]. The van der Waals surface area contributed by atoms with Gasteiger partial charge in [-0.3, -0.25) is 0 Å². The molecule has 0 amide bonds. The molecule has 0 aromatic rings. The first-order chi connectivity index (χ1) is 7.27. The fourth-order valence-electron chi connectivity index (χ4n) is 1.89. The zero-order valence-electron chi connectivity index (χ0n) is 10.8. The average molecular weight is 213 g/mol. The quantitative estimate of drug-likeness (QED) is 0.432. The Kier molecular flexibility index (Phi) is 12.0. The summed E-state index contributed by atoms with van der Waals surface area (Å²) >= 11 is 0. The number of hydrogen-bond donors (Lipinski definition) is 0. The van der Waals surface area contributed by atoms with Crippen LogP contribution >= 0.6 is 0 Å². The zero-order valence-corrected chi connectivity index (χ0v) is 10.8. The monoisotopic (exact) mass is 213 g/mol. The molecule has 1 radical (unpaired) electrons. The fraction of sp³-hybridized carbons (Fsp3) is 1.00. The summed E-state index contributed by atoms with van der Waals surface area (Å²) in [6.45, 7) is 4.72. The Bertz CT molecular complexity index is 110. The zero-order chi connectivity index (χ0) is 11.4. The van der Waals surface area contributed by atoms with Crippen molar-refractivity contribution in [1.29, 1.82) is 0 Å². The summed E-state index contributed by atoms with van der Waals surface area (Å²) < 4.78 is 0. The molecule has 1 heteroatoms. The van der Waals surface area contributed by atoms with Crippen molar-refractivity contribution in [2.75, 3.05) is 6.61 Å². The summed E-state index contributed by atoms with van der Waals surface area (Å²) in [4.78, 5) is 0. The maximum absolute atomic E-state index is 10.2. The molecule has 0 unspecified atom stereocenters. The van der Waals surface area contributed by atoms with Gasteiger partial charge in [-0.15, -0.1) is 0 Å². The van der Waals surface area contributed by atoms with Crippen LogP contribution in [0.25, 0.3) is 0 Å². The first-order valence-corrected chi connectivity index (χ1v) is 6.85. The molecule has 0 saturated carbocycles. The van der Waals surface area contributed by atoms with Crippen LogP contribution in [0, 0.1) is 5.92 Å². The minimum atomic E-state index is 0.120. The third-order valence-corrected chi connectivity index (χ3v) is 2.93. The van der Waals surface area contributed by atoms with Gasteiger partial charge in [-0.25, -0.2) is 5.11 Å². The molecule has 0 bridgehead atoms. The number of unbranched alkanes of at least 4 members (excludes halogenated alkanes) is 8. The molecule has 0 aliphatic heterocycles. The molecule has 0 aromatic carbocycles. The van der Waals surface area contributed by atoms with Crippen LogP contribution in [-0.4, -0.2) is 6.61 Å². The Hall–Kier alpha value is -0.0400. The van der Waals surface area contributed by atoms with Crippen molar-refractivity contribution >= 4 is 0 Å². The van der Waals surface area contributed by atoms with Gasteiger partial charge < -0.3 is 0 Å². The third kappa shape index (κ3) is 14.0. The first kappa shape index (κ1) is 15.0. The van der Waals surface area contributed by atoms with Crippen molar-refractivity contribution in [3.63, 3.8) is 0 Å². The molecule has 0 heterocycles. The molecule has 0 rings (SSSR count). The van der Waals surface area contributed by atoms with Gasteiger partial charge in [0.05, 0.1) is 6.61 Å². The molecule has 0 aliphatic carbocycles. The van der Waals surface area contributed by atoms with E-state index >= 15 is 0 Å². The smallest absolute Gasteiger partial charge is 0.0822 e. The summed E-state index contributed by atoms with van der Waals surface area (Å²) in [6, 6.07) is 0. The summed E-state index contributed by atoms with van der Waals surface area (Å²) in [5.41, 5.74) is 0. The van der Waals surface area contributed by atoms with Gasteiger partial charge >= 0.3 is 0 Å². The number of hydrogen-bond acceptors (Lipinski definition) is 0. The molecule has 0 spiro atoms. The van der Waals surface area contributed by atoms with Crippen molar-refractivity contribution < 1.29 is 5.11 Å². The highest BCUT2D eigenvalue weighted by molar-refractivity contribution is 4.49. The fourth-order valence-corrected chi connectivity index (χ4v) is 1.89. The van der Waals surface area contributed by atoms with Crippen molar-refractivity contribution in [1.82, 2.24) is 0 Å². The predicted octanol–water partition coefficient (Wildman–Crippen LogP) is 4.97. The van der Waals surface area contributed by atoms with E-state index < -0.39 is 0 Å². The standard InChI is InChI=1S/C14H29O/c1-14(2)12-10-8-6-4-3-5-7-9-11-13-15/h14H,3-13H2,1-2H3. The van der Waals surface area contributed by atoms with Crippen molar-refractivity contribution in [2.24, 2.45) is 5.92 Å². The molecular weight excluding hydrogens is 184 g/mol. The molecule has 0 N–H and O–H groups in total. The highest BCUT2D eigenvalue weighted by atomic mass is 16.2. The second kappa shape index (κ2) is 12.0. The highest BCUT2D eigenvalue weighted by Gasteiger charge is 1.95. The lowest BCUT2D eigenvalue weighted by Crippen LogP contribution is -1.87. The van der Waals surface area contributed by atoms with Crippen LogP contribution in [0.3, 0.4) is 0 Å². The van der Waals surface area contributed by atoms with Crippen LogP contribution in [0.4, 0.5) is 0 Å². The van der Waals surface area contributed by atoms with Crippen LogP contribution < -0.4 is 0 Å². The maximum atomic E-state index is 10.2. The minimum Gasteiger partial charge on any atom is -0.237 e. The van der Waals surface area contributed by atoms with E-state index in [9.17, 15) is 5.11 Å². The van der Waals surface area contributed by atoms with Gasteiger partial charge in [-0.05, 0) is 12.3 Å². The largest absolute Gasteiger partial charge is 0.237 e.